The number of nitrogens with zero attached hydrogens (tertiary/aromatic N) is 1. The minimum atomic E-state index is -1.06. The van der Waals surface area contributed by atoms with Crippen molar-refractivity contribution in [1.82, 2.24) is 10.2 Å². The molecule has 1 rings (SSSR count). The molecular weight excluding hydrogens is 168 g/mol. The van der Waals surface area contributed by atoms with E-state index in [1.165, 1.54) is 6.08 Å². The number of aromatic amines is 1. The number of hydrogen-bond acceptors (Lipinski definition) is 4. The van der Waals surface area contributed by atoms with Crippen LogP contribution in [0.25, 0.3) is 6.08 Å². The summed E-state index contributed by atoms with van der Waals surface area (Å²) >= 11 is 4.55. The number of carboxylic acid groups (broad SMARTS) is 1. The lowest BCUT2D eigenvalue weighted by Crippen LogP contribution is -1.85. The Morgan fingerprint density at radius 1 is 1.82 bits per heavy atom. The first kappa shape index (κ1) is 7.67. The van der Waals surface area contributed by atoms with Crippen LogP contribution < -0.4 is 0 Å². The summed E-state index contributed by atoms with van der Waals surface area (Å²) in [6.07, 6.45) is 2.11. The normalized spacial score (nSPS) is 10.5. The topological polar surface area (TPSA) is 79.1 Å². The summed E-state index contributed by atoms with van der Waals surface area (Å²) in [7, 11) is 0. The zero-order chi connectivity index (χ0) is 8.27. The molecule has 0 saturated heterocycles. The second kappa shape index (κ2) is 3.11. The molecule has 0 spiro atoms. The number of nitrogens with one attached hydrogen (secondary N) is 1. The van der Waals surface area contributed by atoms with Crippen molar-refractivity contribution in [3.05, 3.63) is 16.8 Å². The van der Waals surface area contributed by atoms with Crippen molar-refractivity contribution in [3.8, 4) is 0 Å². The third-order valence-electron chi connectivity index (χ3n) is 0.823. The first-order chi connectivity index (χ1) is 5.18. The van der Waals surface area contributed by atoms with Gasteiger partial charge in [-0.3, -0.25) is 0 Å². The molecule has 0 amide bonds. The summed E-state index contributed by atoms with van der Waals surface area (Å²) in [6, 6.07) is 0. The van der Waals surface area contributed by atoms with Crippen LogP contribution in [0.1, 0.15) is 5.89 Å². The van der Waals surface area contributed by atoms with Gasteiger partial charge in [-0.25, -0.2) is 9.89 Å². The Kier molecular flexibility index (Phi) is 2.17. The molecule has 11 heavy (non-hydrogen) atoms. The van der Waals surface area contributed by atoms with Crippen molar-refractivity contribution in [2.75, 3.05) is 0 Å². The molecule has 0 aliphatic rings. The number of aromatic nitrogens is 2. The summed E-state index contributed by atoms with van der Waals surface area (Å²) in [5.41, 5.74) is 0. The van der Waals surface area contributed by atoms with Crippen LogP contribution in [0.5, 0.6) is 0 Å². The van der Waals surface area contributed by atoms with Crippen molar-refractivity contribution in [1.29, 1.82) is 0 Å². The van der Waals surface area contributed by atoms with Crippen LogP contribution >= 0.6 is 12.2 Å². The molecule has 0 radical (unpaired) electrons. The first-order valence-corrected chi connectivity index (χ1v) is 3.06. The molecule has 6 heteroatoms. The molecule has 0 bridgehead atoms. The van der Waals surface area contributed by atoms with E-state index in [1.54, 1.807) is 0 Å². The van der Waals surface area contributed by atoms with Crippen molar-refractivity contribution in [3.63, 3.8) is 0 Å². The summed E-state index contributed by atoms with van der Waals surface area (Å²) in [4.78, 5) is 10.1. The molecule has 0 atom stereocenters. The molecule has 1 aromatic rings. The average Bonchev–Trinajstić information content (AvgIpc) is 2.31. The lowest BCUT2D eigenvalue weighted by molar-refractivity contribution is -0.131. The summed E-state index contributed by atoms with van der Waals surface area (Å²) in [6.45, 7) is 0. The molecule has 2 N–H and O–H groups in total. The fourth-order valence-corrected chi connectivity index (χ4v) is 0.586. The minimum absolute atomic E-state index is 0.120. The van der Waals surface area contributed by atoms with E-state index in [-0.39, 0.29) is 10.7 Å². The summed E-state index contributed by atoms with van der Waals surface area (Å²) in [5.74, 6) is -0.911. The van der Waals surface area contributed by atoms with Gasteiger partial charge in [-0.15, -0.1) is 5.10 Å². The van der Waals surface area contributed by atoms with Gasteiger partial charge in [-0.2, -0.15) is 0 Å². The predicted molar refractivity (Wildman–Crippen MR) is 38.4 cm³/mol. The monoisotopic (exact) mass is 172 g/mol. The SMILES string of the molecule is O=C(O)/C=C/c1n[nH]c(=S)o1. The maximum absolute atomic E-state index is 9.99. The first-order valence-electron chi connectivity index (χ1n) is 2.65. The van der Waals surface area contributed by atoms with E-state index in [4.69, 9.17) is 9.52 Å². The van der Waals surface area contributed by atoms with E-state index in [9.17, 15) is 4.79 Å². The van der Waals surface area contributed by atoms with Gasteiger partial charge in [0.25, 0.3) is 4.84 Å². The summed E-state index contributed by atoms with van der Waals surface area (Å²) in [5, 5.41) is 14.1. The number of H-pyrrole nitrogens is 1. The van der Waals surface area contributed by atoms with Crippen LogP contribution in [0.2, 0.25) is 0 Å². The third-order valence-corrected chi connectivity index (χ3v) is 0.998. The van der Waals surface area contributed by atoms with Crippen LogP contribution in [0.3, 0.4) is 0 Å². The maximum atomic E-state index is 9.99. The molecular formula is C5H4N2O3S. The van der Waals surface area contributed by atoms with Crippen LogP contribution in [0, 0.1) is 4.84 Å². The van der Waals surface area contributed by atoms with E-state index in [1.807, 2.05) is 0 Å². The third kappa shape index (κ3) is 2.34. The molecule has 58 valence electrons. The van der Waals surface area contributed by atoms with Gasteiger partial charge in [0.2, 0.25) is 5.89 Å². The number of carbonyl (C=O) groups is 1. The molecule has 0 aliphatic heterocycles. The van der Waals surface area contributed by atoms with Gasteiger partial charge >= 0.3 is 5.97 Å². The Balaban J connectivity index is 2.79. The molecule has 0 aromatic carbocycles. The maximum Gasteiger partial charge on any atom is 0.328 e. The zero-order valence-electron chi connectivity index (χ0n) is 5.27. The van der Waals surface area contributed by atoms with Crippen LogP contribution in [0.15, 0.2) is 10.5 Å². The number of aliphatic carboxylic acids is 1. The van der Waals surface area contributed by atoms with Gasteiger partial charge in [-0.1, -0.05) is 0 Å². The van der Waals surface area contributed by atoms with Crippen LogP contribution in [0.4, 0.5) is 0 Å². The average molecular weight is 172 g/mol. The Hall–Kier alpha value is -1.43. The lowest BCUT2D eigenvalue weighted by atomic mass is 10.5. The standard InChI is InChI=1S/C5H4N2O3S/c8-4(9)2-1-3-6-7-5(11)10-3/h1-2H,(H,7,11)(H,8,9)/b2-1+. The van der Waals surface area contributed by atoms with Crippen molar-refractivity contribution in [2.45, 2.75) is 0 Å². The minimum Gasteiger partial charge on any atom is -0.478 e. The van der Waals surface area contributed by atoms with Crippen molar-refractivity contribution < 1.29 is 14.3 Å². The fourth-order valence-electron chi connectivity index (χ4n) is 0.455. The highest BCUT2D eigenvalue weighted by molar-refractivity contribution is 7.71. The highest BCUT2D eigenvalue weighted by atomic mass is 32.1. The van der Waals surface area contributed by atoms with Crippen molar-refractivity contribution in [2.24, 2.45) is 0 Å². The van der Waals surface area contributed by atoms with E-state index in [0.29, 0.717) is 0 Å². The van der Waals surface area contributed by atoms with Gasteiger partial charge in [0.05, 0.1) is 0 Å². The highest BCUT2D eigenvalue weighted by Crippen LogP contribution is 1.96. The van der Waals surface area contributed by atoms with Gasteiger partial charge in [0, 0.05) is 12.2 Å². The van der Waals surface area contributed by atoms with Gasteiger partial charge in [0.15, 0.2) is 0 Å². The van der Waals surface area contributed by atoms with Gasteiger partial charge < -0.3 is 9.52 Å². The Morgan fingerprint density at radius 2 is 2.55 bits per heavy atom. The Morgan fingerprint density at radius 3 is 3.00 bits per heavy atom. The number of carboxylic acids is 1. The van der Waals surface area contributed by atoms with E-state index in [2.05, 4.69) is 22.4 Å². The second-order valence-electron chi connectivity index (χ2n) is 1.62. The Labute approximate surface area is 66.4 Å². The Bertz CT molecular complexity index is 337. The largest absolute Gasteiger partial charge is 0.478 e. The quantitative estimate of drug-likeness (QED) is 0.510. The smallest absolute Gasteiger partial charge is 0.328 e. The van der Waals surface area contributed by atoms with E-state index < -0.39 is 5.97 Å². The van der Waals surface area contributed by atoms with Gasteiger partial charge in [-0.05, 0) is 12.2 Å². The molecule has 0 aliphatic carbocycles. The van der Waals surface area contributed by atoms with E-state index in [0.717, 1.165) is 6.08 Å². The fraction of sp³-hybridized carbons (Fsp3) is 0. The van der Waals surface area contributed by atoms with E-state index >= 15 is 0 Å². The molecule has 1 aromatic heterocycles. The molecule has 5 nitrogen and oxygen atoms in total. The number of rotatable bonds is 2. The molecule has 0 saturated carbocycles. The highest BCUT2D eigenvalue weighted by Gasteiger charge is 1.93. The molecule has 1 heterocycles. The second-order valence-corrected chi connectivity index (χ2v) is 1.99. The molecule has 0 fully saturated rings. The predicted octanol–water partition coefficient (Wildman–Crippen LogP) is 0.830. The zero-order valence-corrected chi connectivity index (χ0v) is 6.09. The van der Waals surface area contributed by atoms with Crippen molar-refractivity contribution >= 4 is 24.3 Å². The van der Waals surface area contributed by atoms with Crippen LogP contribution in [-0.2, 0) is 4.79 Å². The number of hydrogen-bond donors (Lipinski definition) is 2. The van der Waals surface area contributed by atoms with Crippen LogP contribution in [-0.4, -0.2) is 21.3 Å². The lowest BCUT2D eigenvalue weighted by Gasteiger charge is -1.76. The van der Waals surface area contributed by atoms with Gasteiger partial charge in [0.1, 0.15) is 0 Å². The summed E-state index contributed by atoms with van der Waals surface area (Å²) < 4.78 is 4.73. The molecule has 0 unspecified atom stereocenters.